The van der Waals surface area contributed by atoms with E-state index in [1.54, 1.807) is 0 Å². The standard InChI is InChI=1S/C13H9Br3N2/c14-10-6-7-12(11(15)8-10)17-18-13(16)9-4-2-1-3-5-9/h1-8,17H/b18-13+. The van der Waals surface area contributed by atoms with E-state index in [2.05, 4.69) is 58.3 Å². The number of hydrogen-bond acceptors (Lipinski definition) is 2. The van der Waals surface area contributed by atoms with Crippen LogP contribution in [0.15, 0.2) is 62.6 Å². The first-order chi connectivity index (χ1) is 8.66. The average Bonchev–Trinajstić information content (AvgIpc) is 2.38. The maximum atomic E-state index is 4.29. The lowest BCUT2D eigenvalue weighted by molar-refractivity contribution is 1.33. The molecule has 0 aliphatic rings. The molecule has 2 aromatic carbocycles. The Balaban J connectivity index is 2.15. The van der Waals surface area contributed by atoms with Gasteiger partial charge in [-0.05, 0) is 50.1 Å². The molecular weight excluding hydrogens is 424 g/mol. The van der Waals surface area contributed by atoms with Crippen molar-refractivity contribution in [3.63, 3.8) is 0 Å². The highest BCUT2D eigenvalue weighted by molar-refractivity contribution is 9.18. The van der Waals surface area contributed by atoms with Crippen LogP contribution in [0.4, 0.5) is 5.69 Å². The molecule has 0 atom stereocenters. The highest BCUT2D eigenvalue weighted by atomic mass is 79.9. The van der Waals surface area contributed by atoms with Gasteiger partial charge in [0, 0.05) is 14.5 Å². The Bertz CT molecular complexity index is 568. The Kier molecular flexibility index (Phi) is 4.97. The zero-order valence-electron chi connectivity index (χ0n) is 9.20. The summed E-state index contributed by atoms with van der Waals surface area (Å²) >= 11 is 10.3. The summed E-state index contributed by atoms with van der Waals surface area (Å²) in [5, 5.41) is 4.29. The monoisotopic (exact) mass is 430 g/mol. The highest BCUT2D eigenvalue weighted by Crippen LogP contribution is 2.26. The average molecular weight is 433 g/mol. The van der Waals surface area contributed by atoms with E-state index in [1.165, 1.54) is 0 Å². The van der Waals surface area contributed by atoms with Gasteiger partial charge in [-0.25, -0.2) is 0 Å². The van der Waals surface area contributed by atoms with Gasteiger partial charge in [-0.15, -0.1) is 0 Å². The van der Waals surface area contributed by atoms with Crippen molar-refractivity contribution < 1.29 is 0 Å². The molecule has 0 fully saturated rings. The van der Waals surface area contributed by atoms with Crippen molar-refractivity contribution in [2.45, 2.75) is 0 Å². The Morgan fingerprint density at radius 2 is 1.72 bits per heavy atom. The fraction of sp³-hybridized carbons (Fsp3) is 0. The molecule has 0 bridgehead atoms. The lowest BCUT2D eigenvalue weighted by Crippen LogP contribution is -1.96. The van der Waals surface area contributed by atoms with E-state index in [-0.39, 0.29) is 0 Å². The molecule has 2 nitrogen and oxygen atoms in total. The molecule has 0 aliphatic heterocycles. The molecule has 0 aliphatic carbocycles. The number of nitrogens with one attached hydrogen (secondary N) is 1. The maximum Gasteiger partial charge on any atom is 0.133 e. The number of anilines is 1. The van der Waals surface area contributed by atoms with Gasteiger partial charge < -0.3 is 0 Å². The molecular formula is C13H9Br3N2. The van der Waals surface area contributed by atoms with Crippen LogP contribution in [0.25, 0.3) is 0 Å². The van der Waals surface area contributed by atoms with Gasteiger partial charge in [0.15, 0.2) is 0 Å². The quantitative estimate of drug-likeness (QED) is 0.511. The SMILES string of the molecule is Br/C(=N/Nc1ccc(Br)cc1Br)c1ccccc1. The third kappa shape index (κ3) is 3.67. The molecule has 0 aromatic heterocycles. The van der Waals surface area contributed by atoms with Crippen LogP contribution >= 0.6 is 47.8 Å². The third-order valence-electron chi connectivity index (χ3n) is 2.22. The first kappa shape index (κ1) is 13.8. The fourth-order valence-electron chi connectivity index (χ4n) is 1.33. The van der Waals surface area contributed by atoms with E-state index < -0.39 is 0 Å². The normalized spacial score (nSPS) is 11.4. The summed E-state index contributed by atoms with van der Waals surface area (Å²) < 4.78 is 2.73. The first-order valence-electron chi connectivity index (χ1n) is 5.16. The third-order valence-corrected chi connectivity index (χ3v) is 4.00. The van der Waals surface area contributed by atoms with E-state index in [0.717, 1.165) is 24.8 Å². The molecule has 2 aromatic rings. The van der Waals surface area contributed by atoms with Gasteiger partial charge in [0.25, 0.3) is 0 Å². The Morgan fingerprint density at radius 1 is 1.00 bits per heavy atom. The largest absolute Gasteiger partial charge is 0.276 e. The van der Waals surface area contributed by atoms with Crippen LogP contribution in [0.5, 0.6) is 0 Å². The maximum absolute atomic E-state index is 4.29. The predicted octanol–water partition coefficient (Wildman–Crippen LogP) is 5.38. The van der Waals surface area contributed by atoms with Gasteiger partial charge in [-0.2, -0.15) is 5.10 Å². The van der Waals surface area contributed by atoms with Crippen molar-refractivity contribution in [1.82, 2.24) is 0 Å². The molecule has 2 rings (SSSR count). The molecule has 0 spiro atoms. The summed E-state index contributed by atoms with van der Waals surface area (Å²) in [6.07, 6.45) is 0. The van der Waals surface area contributed by atoms with Crippen LogP contribution in [0.2, 0.25) is 0 Å². The lowest BCUT2D eigenvalue weighted by atomic mass is 10.2. The second-order valence-electron chi connectivity index (χ2n) is 3.50. The Hall–Kier alpha value is -0.650. The molecule has 18 heavy (non-hydrogen) atoms. The van der Waals surface area contributed by atoms with Gasteiger partial charge in [0.2, 0.25) is 0 Å². The zero-order chi connectivity index (χ0) is 13.0. The smallest absolute Gasteiger partial charge is 0.133 e. The minimum Gasteiger partial charge on any atom is -0.276 e. The minimum absolute atomic E-state index is 0.762. The van der Waals surface area contributed by atoms with Gasteiger partial charge in [-0.3, -0.25) is 5.43 Å². The van der Waals surface area contributed by atoms with E-state index in [0.29, 0.717) is 0 Å². The second kappa shape index (κ2) is 6.50. The van der Waals surface area contributed by atoms with Crippen molar-refractivity contribution >= 4 is 58.1 Å². The number of hydrogen-bond donors (Lipinski definition) is 1. The van der Waals surface area contributed by atoms with Gasteiger partial charge in [-0.1, -0.05) is 46.3 Å². The summed E-state index contributed by atoms with van der Waals surface area (Å²) in [4.78, 5) is 0. The topological polar surface area (TPSA) is 24.4 Å². The lowest BCUT2D eigenvalue weighted by Gasteiger charge is -2.05. The molecule has 0 radical (unpaired) electrons. The van der Waals surface area contributed by atoms with E-state index in [9.17, 15) is 0 Å². The fourth-order valence-corrected chi connectivity index (χ4v) is 2.82. The molecule has 5 heteroatoms. The number of halogens is 3. The van der Waals surface area contributed by atoms with Gasteiger partial charge in [0.1, 0.15) is 4.62 Å². The molecule has 0 amide bonds. The van der Waals surface area contributed by atoms with Crippen LogP contribution in [-0.2, 0) is 0 Å². The number of nitrogens with zero attached hydrogens (tertiary/aromatic N) is 1. The number of rotatable bonds is 3. The van der Waals surface area contributed by atoms with Gasteiger partial charge in [0.05, 0.1) is 5.69 Å². The van der Waals surface area contributed by atoms with E-state index in [1.807, 2.05) is 48.5 Å². The Morgan fingerprint density at radius 3 is 2.39 bits per heavy atom. The van der Waals surface area contributed by atoms with Crippen molar-refractivity contribution in [3.05, 3.63) is 63.0 Å². The second-order valence-corrected chi connectivity index (χ2v) is 6.03. The molecule has 0 saturated carbocycles. The molecule has 0 unspecified atom stereocenters. The summed E-state index contributed by atoms with van der Waals surface area (Å²) in [6.45, 7) is 0. The Labute approximate surface area is 131 Å². The van der Waals surface area contributed by atoms with Gasteiger partial charge >= 0.3 is 0 Å². The van der Waals surface area contributed by atoms with Crippen LogP contribution in [0.1, 0.15) is 5.56 Å². The van der Waals surface area contributed by atoms with Crippen LogP contribution in [-0.4, -0.2) is 4.62 Å². The zero-order valence-corrected chi connectivity index (χ0v) is 14.0. The van der Waals surface area contributed by atoms with Crippen molar-refractivity contribution in [2.75, 3.05) is 5.43 Å². The molecule has 0 saturated heterocycles. The minimum atomic E-state index is 0.762. The molecule has 1 N–H and O–H groups in total. The van der Waals surface area contributed by atoms with Crippen molar-refractivity contribution in [3.8, 4) is 0 Å². The van der Waals surface area contributed by atoms with Crippen molar-refractivity contribution in [1.29, 1.82) is 0 Å². The summed E-state index contributed by atoms with van der Waals surface area (Å²) in [5.74, 6) is 0. The van der Waals surface area contributed by atoms with Crippen LogP contribution in [0, 0.1) is 0 Å². The first-order valence-corrected chi connectivity index (χ1v) is 7.54. The van der Waals surface area contributed by atoms with Crippen LogP contribution in [0.3, 0.4) is 0 Å². The summed E-state index contributed by atoms with van der Waals surface area (Å²) in [6, 6.07) is 15.8. The molecule has 92 valence electrons. The van der Waals surface area contributed by atoms with E-state index >= 15 is 0 Å². The van der Waals surface area contributed by atoms with E-state index in [4.69, 9.17) is 0 Å². The summed E-state index contributed by atoms with van der Waals surface area (Å²) in [5.41, 5.74) is 4.95. The predicted molar refractivity (Wildman–Crippen MR) is 87.4 cm³/mol. The summed E-state index contributed by atoms with van der Waals surface area (Å²) in [7, 11) is 0. The van der Waals surface area contributed by atoms with Crippen molar-refractivity contribution in [2.24, 2.45) is 5.10 Å². The molecule has 0 heterocycles. The van der Waals surface area contributed by atoms with Crippen LogP contribution < -0.4 is 5.43 Å². The number of hydrazone groups is 1. The number of benzene rings is 2. The highest BCUT2D eigenvalue weighted by Gasteiger charge is 2.01.